The number of hydrogen-bond acceptors (Lipinski definition) is 4. The molecule has 3 aromatic rings. The molecule has 1 heterocycles. The van der Waals surface area contributed by atoms with Gasteiger partial charge in [-0.25, -0.2) is 9.78 Å². The minimum absolute atomic E-state index is 0.365. The van der Waals surface area contributed by atoms with Crippen molar-refractivity contribution in [2.75, 3.05) is 5.32 Å². The van der Waals surface area contributed by atoms with Crippen molar-refractivity contribution in [2.45, 2.75) is 19.4 Å². The van der Waals surface area contributed by atoms with E-state index in [4.69, 9.17) is 4.74 Å². The molecule has 1 atom stereocenters. The van der Waals surface area contributed by atoms with Gasteiger partial charge in [0, 0.05) is 4.47 Å². The van der Waals surface area contributed by atoms with Crippen molar-refractivity contribution in [3.8, 4) is 0 Å². The number of halogens is 1. The summed E-state index contributed by atoms with van der Waals surface area (Å²) in [5.41, 5.74) is 2.49. The topological polar surface area (TPSA) is 84.1 Å². The molecule has 6 nitrogen and oxygen atoms in total. The zero-order valence-electron chi connectivity index (χ0n) is 13.5. The number of amides is 1. The maximum absolute atomic E-state index is 12.4. The largest absolute Gasteiger partial charge is 0.449 e. The van der Waals surface area contributed by atoms with Crippen LogP contribution in [0, 0.1) is 0 Å². The van der Waals surface area contributed by atoms with Gasteiger partial charge in [0.25, 0.3) is 5.91 Å². The molecule has 0 saturated heterocycles. The molecule has 0 radical (unpaired) electrons. The molecule has 2 aromatic carbocycles. The molecule has 1 unspecified atom stereocenters. The molecule has 0 aliphatic rings. The van der Waals surface area contributed by atoms with Crippen molar-refractivity contribution < 1.29 is 14.3 Å². The van der Waals surface area contributed by atoms with Gasteiger partial charge in [0.15, 0.2) is 6.10 Å². The van der Waals surface area contributed by atoms with Crippen LogP contribution in [0.15, 0.2) is 53.3 Å². The van der Waals surface area contributed by atoms with Crippen molar-refractivity contribution in [2.24, 2.45) is 0 Å². The number of aromatic nitrogens is 2. The van der Waals surface area contributed by atoms with E-state index in [1.54, 1.807) is 37.5 Å². The third-order valence-electron chi connectivity index (χ3n) is 3.70. The quantitative estimate of drug-likeness (QED) is 0.634. The number of imidazole rings is 1. The number of para-hydroxylation sites is 1. The Bertz CT molecular complexity index is 923. The average Bonchev–Trinajstić information content (AvgIpc) is 3.09. The van der Waals surface area contributed by atoms with Crippen molar-refractivity contribution in [3.63, 3.8) is 0 Å². The van der Waals surface area contributed by atoms with Crippen LogP contribution in [-0.4, -0.2) is 27.9 Å². The minimum Gasteiger partial charge on any atom is -0.449 e. The number of hydrogen-bond donors (Lipinski definition) is 2. The molecule has 0 aliphatic carbocycles. The maximum atomic E-state index is 12.4. The number of anilines is 1. The number of carbonyl (C=O) groups excluding carboxylic acids is 2. The zero-order chi connectivity index (χ0) is 17.8. The van der Waals surface area contributed by atoms with E-state index in [2.05, 4.69) is 31.2 Å². The van der Waals surface area contributed by atoms with Crippen molar-refractivity contribution in [1.29, 1.82) is 0 Å². The Hall–Kier alpha value is -2.67. The number of rotatable bonds is 5. The molecular weight excluding hydrogens is 386 g/mol. The van der Waals surface area contributed by atoms with Crippen LogP contribution in [0.5, 0.6) is 0 Å². The Balaban J connectivity index is 1.71. The number of aromatic amines is 1. The fourth-order valence-electron chi connectivity index (χ4n) is 2.36. The standard InChI is InChI=1S/C18H16BrN3O3/c1-2-16(17(23)22-13-6-4-3-5-12(13)19)25-18(24)11-7-8-14-15(9-11)21-10-20-14/h3-10,16H,2H2,1H3,(H,20,21)(H,22,23). The Kier molecular flexibility index (Phi) is 5.14. The molecule has 3 rings (SSSR count). The summed E-state index contributed by atoms with van der Waals surface area (Å²) >= 11 is 3.37. The third kappa shape index (κ3) is 3.88. The second-order valence-electron chi connectivity index (χ2n) is 5.41. The third-order valence-corrected chi connectivity index (χ3v) is 4.39. The predicted octanol–water partition coefficient (Wildman–Crippen LogP) is 3.90. The van der Waals surface area contributed by atoms with Crippen LogP contribution < -0.4 is 5.32 Å². The van der Waals surface area contributed by atoms with Gasteiger partial charge in [0.1, 0.15) is 0 Å². The van der Waals surface area contributed by atoms with Gasteiger partial charge in [-0.1, -0.05) is 19.1 Å². The highest BCUT2D eigenvalue weighted by Crippen LogP contribution is 2.22. The summed E-state index contributed by atoms with van der Waals surface area (Å²) < 4.78 is 6.14. The molecular formula is C18H16BrN3O3. The summed E-state index contributed by atoms with van der Waals surface area (Å²) in [5, 5.41) is 2.76. The van der Waals surface area contributed by atoms with E-state index in [9.17, 15) is 9.59 Å². The van der Waals surface area contributed by atoms with Crippen LogP contribution in [0.3, 0.4) is 0 Å². The molecule has 0 spiro atoms. The van der Waals surface area contributed by atoms with Crippen LogP contribution in [0.4, 0.5) is 5.69 Å². The fraction of sp³-hybridized carbons (Fsp3) is 0.167. The van der Waals surface area contributed by atoms with E-state index < -0.39 is 12.1 Å². The van der Waals surface area contributed by atoms with E-state index in [-0.39, 0.29) is 5.91 Å². The highest BCUT2D eigenvalue weighted by atomic mass is 79.9. The molecule has 128 valence electrons. The lowest BCUT2D eigenvalue weighted by Crippen LogP contribution is -2.32. The van der Waals surface area contributed by atoms with E-state index in [1.165, 1.54) is 0 Å². The lowest BCUT2D eigenvalue weighted by atomic mass is 10.2. The SMILES string of the molecule is CCC(OC(=O)c1ccc2nc[nH]c2c1)C(=O)Nc1ccccc1Br. The Morgan fingerprint density at radius 2 is 2.08 bits per heavy atom. The summed E-state index contributed by atoms with van der Waals surface area (Å²) in [6, 6.07) is 12.3. The van der Waals surface area contributed by atoms with E-state index in [0.29, 0.717) is 17.7 Å². The zero-order valence-corrected chi connectivity index (χ0v) is 15.0. The Labute approximate surface area is 152 Å². The van der Waals surface area contributed by atoms with Gasteiger partial charge in [0.2, 0.25) is 0 Å². The number of nitrogens with zero attached hydrogens (tertiary/aromatic N) is 1. The van der Waals surface area contributed by atoms with Gasteiger partial charge in [-0.3, -0.25) is 4.79 Å². The first-order valence-corrected chi connectivity index (χ1v) is 8.57. The fourth-order valence-corrected chi connectivity index (χ4v) is 2.74. The second kappa shape index (κ2) is 7.48. The number of nitrogens with one attached hydrogen (secondary N) is 2. The lowest BCUT2D eigenvalue weighted by molar-refractivity contribution is -0.124. The number of carbonyl (C=O) groups is 2. The number of esters is 1. The molecule has 0 fully saturated rings. The highest BCUT2D eigenvalue weighted by Gasteiger charge is 2.22. The van der Waals surface area contributed by atoms with Gasteiger partial charge in [-0.15, -0.1) is 0 Å². The van der Waals surface area contributed by atoms with E-state index in [0.717, 1.165) is 15.5 Å². The number of fused-ring (bicyclic) bond motifs is 1. The van der Waals surface area contributed by atoms with Crippen LogP contribution in [-0.2, 0) is 9.53 Å². The molecule has 0 saturated carbocycles. The molecule has 1 amide bonds. The molecule has 1 aromatic heterocycles. The molecule has 0 bridgehead atoms. The predicted molar refractivity (Wildman–Crippen MR) is 98.4 cm³/mol. The average molecular weight is 402 g/mol. The number of H-pyrrole nitrogens is 1. The first-order valence-electron chi connectivity index (χ1n) is 7.78. The van der Waals surface area contributed by atoms with E-state index >= 15 is 0 Å². The smallest absolute Gasteiger partial charge is 0.338 e. The van der Waals surface area contributed by atoms with E-state index in [1.807, 2.05) is 18.2 Å². The maximum Gasteiger partial charge on any atom is 0.338 e. The monoisotopic (exact) mass is 401 g/mol. The summed E-state index contributed by atoms with van der Waals surface area (Å²) in [5.74, 6) is -0.920. The van der Waals surface area contributed by atoms with Crippen LogP contribution >= 0.6 is 15.9 Å². The molecule has 7 heteroatoms. The Morgan fingerprint density at radius 3 is 2.84 bits per heavy atom. The van der Waals surface area contributed by atoms with Gasteiger partial charge in [-0.2, -0.15) is 0 Å². The summed E-state index contributed by atoms with van der Waals surface area (Å²) in [7, 11) is 0. The summed E-state index contributed by atoms with van der Waals surface area (Å²) in [6.45, 7) is 1.79. The minimum atomic E-state index is -0.878. The van der Waals surface area contributed by atoms with Crippen LogP contribution in [0.1, 0.15) is 23.7 Å². The highest BCUT2D eigenvalue weighted by molar-refractivity contribution is 9.10. The number of benzene rings is 2. The summed E-state index contributed by atoms with van der Waals surface area (Å²) in [6.07, 6.45) is 1.05. The molecule has 25 heavy (non-hydrogen) atoms. The normalized spacial score (nSPS) is 11.9. The molecule has 2 N–H and O–H groups in total. The van der Waals surface area contributed by atoms with Crippen molar-refractivity contribution in [3.05, 3.63) is 58.8 Å². The molecule has 0 aliphatic heterocycles. The van der Waals surface area contributed by atoms with Crippen LogP contribution in [0.25, 0.3) is 11.0 Å². The van der Waals surface area contributed by atoms with Crippen molar-refractivity contribution in [1.82, 2.24) is 9.97 Å². The first-order chi connectivity index (χ1) is 12.1. The summed E-state index contributed by atoms with van der Waals surface area (Å²) in [4.78, 5) is 31.8. The lowest BCUT2D eigenvalue weighted by Gasteiger charge is -2.16. The van der Waals surface area contributed by atoms with Gasteiger partial charge in [0.05, 0.1) is 28.6 Å². The first kappa shape index (κ1) is 17.2. The van der Waals surface area contributed by atoms with Crippen LogP contribution in [0.2, 0.25) is 0 Å². The number of ether oxygens (including phenoxy) is 1. The van der Waals surface area contributed by atoms with Crippen molar-refractivity contribution >= 4 is 44.5 Å². The van der Waals surface area contributed by atoms with Gasteiger partial charge >= 0.3 is 5.97 Å². The van der Waals surface area contributed by atoms with Gasteiger partial charge < -0.3 is 15.0 Å². The Morgan fingerprint density at radius 1 is 1.28 bits per heavy atom. The second-order valence-corrected chi connectivity index (χ2v) is 6.26. The van der Waals surface area contributed by atoms with Gasteiger partial charge in [-0.05, 0) is 52.7 Å².